The van der Waals surface area contributed by atoms with Crippen LogP contribution in [0.2, 0.25) is 5.02 Å². The van der Waals surface area contributed by atoms with Crippen molar-refractivity contribution in [3.63, 3.8) is 0 Å². The third-order valence-electron chi connectivity index (χ3n) is 7.08. The second-order valence-corrected chi connectivity index (χ2v) is 9.84. The maximum Gasteiger partial charge on any atom is 0.416 e. The molecule has 0 bridgehead atoms. The van der Waals surface area contributed by atoms with Gasteiger partial charge in [0.2, 0.25) is 11.8 Å². The fourth-order valence-corrected chi connectivity index (χ4v) is 5.30. The predicted molar refractivity (Wildman–Crippen MR) is 126 cm³/mol. The Hall–Kier alpha value is -3.18. The summed E-state index contributed by atoms with van der Waals surface area (Å²) in [5.74, 6) is -1.88. The first-order chi connectivity index (χ1) is 17.5. The van der Waals surface area contributed by atoms with Crippen molar-refractivity contribution < 1.29 is 31.9 Å². The summed E-state index contributed by atoms with van der Waals surface area (Å²) in [5.41, 5.74) is 0.960. The Morgan fingerprint density at radius 3 is 2.41 bits per heavy atom. The molecule has 3 aliphatic heterocycles. The number of imide groups is 1. The van der Waals surface area contributed by atoms with Crippen molar-refractivity contribution in [1.29, 1.82) is 0 Å². The molecular formula is C25H23ClF4N4O3. The largest absolute Gasteiger partial charge is 0.416 e. The van der Waals surface area contributed by atoms with Crippen LogP contribution >= 0.6 is 11.6 Å². The molecule has 5 rings (SSSR count). The first-order valence-corrected chi connectivity index (χ1v) is 12.2. The van der Waals surface area contributed by atoms with Crippen LogP contribution < -0.4 is 10.2 Å². The van der Waals surface area contributed by atoms with Gasteiger partial charge >= 0.3 is 6.18 Å². The number of hydrogen-bond acceptors (Lipinski definition) is 5. The molecule has 2 aromatic carbocycles. The van der Waals surface area contributed by atoms with Gasteiger partial charge in [0.25, 0.3) is 5.91 Å². The Morgan fingerprint density at radius 1 is 1.03 bits per heavy atom. The molecule has 1 atom stereocenters. The third kappa shape index (κ3) is 5.02. The van der Waals surface area contributed by atoms with Crippen molar-refractivity contribution in [2.75, 3.05) is 31.1 Å². The molecule has 2 saturated heterocycles. The molecule has 196 valence electrons. The Bertz CT molecular complexity index is 1280. The number of benzene rings is 2. The SMILES string of the molecule is O=C1CCC(N2Cc3cc(N4CCN(Cc5ccc(C(F)(F)F)cc5Cl)CC4)c(F)cc3C2=O)C(=O)N1. The first kappa shape index (κ1) is 25.5. The molecular weight excluding hydrogens is 516 g/mol. The van der Waals surface area contributed by atoms with E-state index in [9.17, 15) is 27.6 Å². The van der Waals surface area contributed by atoms with E-state index in [-0.39, 0.29) is 35.9 Å². The van der Waals surface area contributed by atoms with Crippen molar-refractivity contribution in [2.45, 2.75) is 38.1 Å². The van der Waals surface area contributed by atoms with Gasteiger partial charge in [-0.25, -0.2) is 4.39 Å². The number of halogens is 5. The molecule has 0 saturated carbocycles. The van der Waals surface area contributed by atoms with Crippen LogP contribution in [-0.4, -0.2) is 59.7 Å². The molecule has 0 spiro atoms. The molecule has 3 aliphatic rings. The predicted octanol–water partition coefficient (Wildman–Crippen LogP) is 3.58. The van der Waals surface area contributed by atoms with Crippen LogP contribution in [-0.2, 0) is 28.9 Å². The molecule has 2 aromatic rings. The molecule has 12 heteroatoms. The van der Waals surface area contributed by atoms with Crippen molar-refractivity contribution >= 4 is 35.0 Å². The molecule has 0 radical (unpaired) electrons. The van der Waals surface area contributed by atoms with Crippen LogP contribution in [0.5, 0.6) is 0 Å². The number of fused-ring (bicyclic) bond motifs is 1. The summed E-state index contributed by atoms with van der Waals surface area (Å²) >= 11 is 6.09. The summed E-state index contributed by atoms with van der Waals surface area (Å²) in [7, 11) is 0. The van der Waals surface area contributed by atoms with Gasteiger partial charge in [-0.2, -0.15) is 13.2 Å². The molecule has 0 aliphatic carbocycles. The number of anilines is 1. The number of hydrogen-bond donors (Lipinski definition) is 1. The standard InChI is InChI=1S/C25H23ClF4N4O3/c26-18-10-16(25(28,29)30)2-1-14(18)12-32-5-7-33(8-6-32)21-9-15-13-34(24(37)17(15)11-19(21)27)20-3-4-22(35)31-23(20)36/h1-2,9-11,20H,3-8,12-13H2,(H,31,35,36). The number of piperidine rings is 1. The normalized spacial score (nSPS) is 20.9. The average Bonchev–Trinajstić information content (AvgIpc) is 3.15. The van der Waals surface area contributed by atoms with Gasteiger partial charge in [-0.3, -0.25) is 24.6 Å². The van der Waals surface area contributed by atoms with Crippen molar-refractivity contribution in [3.05, 3.63) is 63.4 Å². The van der Waals surface area contributed by atoms with E-state index in [1.807, 2.05) is 9.80 Å². The van der Waals surface area contributed by atoms with Gasteiger partial charge in [0, 0.05) is 56.3 Å². The third-order valence-corrected chi connectivity index (χ3v) is 7.43. The second-order valence-electron chi connectivity index (χ2n) is 9.43. The van der Waals surface area contributed by atoms with Gasteiger partial charge in [0.05, 0.1) is 11.3 Å². The molecule has 7 nitrogen and oxygen atoms in total. The summed E-state index contributed by atoms with van der Waals surface area (Å²) in [6.07, 6.45) is -4.10. The van der Waals surface area contributed by atoms with Crippen molar-refractivity contribution in [1.82, 2.24) is 15.1 Å². The lowest BCUT2D eigenvalue weighted by atomic mass is 10.0. The number of rotatable bonds is 4. The Labute approximate surface area is 214 Å². The maximum atomic E-state index is 15.1. The minimum Gasteiger partial charge on any atom is -0.367 e. The quantitative estimate of drug-likeness (QED) is 0.476. The number of nitrogens with zero attached hydrogens (tertiary/aromatic N) is 3. The molecule has 1 unspecified atom stereocenters. The van der Waals surface area contributed by atoms with Crippen molar-refractivity contribution in [2.24, 2.45) is 0 Å². The molecule has 3 heterocycles. The zero-order chi connectivity index (χ0) is 26.5. The highest BCUT2D eigenvalue weighted by Gasteiger charge is 2.40. The van der Waals surface area contributed by atoms with Gasteiger partial charge in [0.15, 0.2) is 0 Å². The minimum atomic E-state index is -4.46. The van der Waals surface area contributed by atoms with Gasteiger partial charge in [-0.05, 0) is 41.8 Å². The summed E-state index contributed by atoms with van der Waals surface area (Å²) in [4.78, 5) is 41.8. The molecule has 37 heavy (non-hydrogen) atoms. The Morgan fingerprint density at radius 2 is 1.76 bits per heavy atom. The molecule has 3 amide bonds. The van der Waals surface area contributed by atoms with Crippen molar-refractivity contribution in [3.8, 4) is 0 Å². The number of alkyl halides is 3. The lowest BCUT2D eigenvalue weighted by Crippen LogP contribution is -2.52. The lowest BCUT2D eigenvalue weighted by molar-refractivity contribution is -0.138. The highest BCUT2D eigenvalue weighted by Crippen LogP contribution is 2.34. The lowest BCUT2D eigenvalue weighted by Gasteiger charge is -2.36. The number of piperazine rings is 1. The Kier molecular flexibility index (Phi) is 6.61. The van der Waals surface area contributed by atoms with E-state index in [1.54, 1.807) is 6.07 Å². The fraction of sp³-hybridized carbons (Fsp3) is 0.400. The van der Waals surface area contributed by atoms with E-state index < -0.39 is 35.4 Å². The fourth-order valence-electron chi connectivity index (χ4n) is 5.06. The number of amides is 3. The zero-order valence-corrected chi connectivity index (χ0v) is 20.3. The average molecular weight is 539 g/mol. The second kappa shape index (κ2) is 9.60. The van der Waals surface area contributed by atoms with Gasteiger partial charge in [0.1, 0.15) is 11.9 Å². The highest BCUT2D eigenvalue weighted by atomic mass is 35.5. The smallest absolute Gasteiger partial charge is 0.367 e. The number of carbonyl (C=O) groups excluding carboxylic acids is 3. The van der Waals surface area contributed by atoms with E-state index in [1.165, 1.54) is 17.0 Å². The van der Waals surface area contributed by atoms with Gasteiger partial charge < -0.3 is 9.80 Å². The highest BCUT2D eigenvalue weighted by molar-refractivity contribution is 6.31. The van der Waals surface area contributed by atoms with Crippen LogP contribution in [0.15, 0.2) is 30.3 Å². The van der Waals surface area contributed by atoms with E-state index in [0.29, 0.717) is 49.5 Å². The maximum absolute atomic E-state index is 15.1. The summed E-state index contributed by atoms with van der Waals surface area (Å²) in [6.45, 7) is 2.54. The minimum absolute atomic E-state index is 0.0483. The monoisotopic (exact) mass is 538 g/mol. The van der Waals surface area contributed by atoms with Crippen LogP contribution in [0.1, 0.15) is 39.9 Å². The number of nitrogens with one attached hydrogen (secondary N) is 1. The van der Waals surface area contributed by atoms with Crippen LogP contribution in [0.4, 0.5) is 23.2 Å². The van der Waals surface area contributed by atoms with E-state index >= 15 is 4.39 Å². The van der Waals surface area contributed by atoms with Gasteiger partial charge in [-0.15, -0.1) is 0 Å². The number of carbonyl (C=O) groups is 3. The molecule has 1 N–H and O–H groups in total. The van der Waals surface area contributed by atoms with E-state index in [2.05, 4.69) is 5.32 Å². The Balaban J connectivity index is 1.24. The topological polar surface area (TPSA) is 73.0 Å². The molecule has 2 fully saturated rings. The van der Waals surface area contributed by atoms with E-state index in [4.69, 9.17) is 11.6 Å². The van der Waals surface area contributed by atoms with Crippen LogP contribution in [0, 0.1) is 5.82 Å². The van der Waals surface area contributed by atoms with Crippen LogP contribution in [0.3, 0.4) is 0 Å². The van der Waals surface area contributed by atoms with Crippen LogP contribution in [0.25, 0.3) is 0 Å². The summed E-state index contributed by atoms with van der Waals surface area (Å²) in [6, 6.07) is 5.38. The van der Waals surface area contributed by atoms with Gasteiger partial charge in [-0.1, -0.05) is 17.7 Å². The summed E-state index contributed by atoms with van der Waals surface area (Å²) < 4.78 is 53.7. The zero-order valence-electron chi connectivity index (χ0n) is 19.6. The molecule has 0 aromatic heterocycles. The first-order valence-electron chi connectivity index (χ1n) is 11.8. The van der Waals surface area contributed by atoms with E-state index in [0.717, 1.165) is 12.1 Å². The summed E-state index contributed by atoms with van der Waals surface area (Å²) in [5, 5.41) is 2.29.